The van der Waals surface area contributed by atoms with E-state index in [-0.39, 0.29) is 16.7 Å². The molecule has 0 aliphatic carbocycles. The first-order chi connectivity index (χ1) is 9.84. The number of benzene rings is 1. The summed E-state index contributed by atoms with van der Waals surface area (Å²) in [7, 11) is -2.04. The van der Waals surface area contributed by atoms with Gasteiger partial charge in [0, 0.05) is 19.2 Å². The number of ether oxygens (including phenoxy) is 1. The van der Waals surface area contributed by atoms with Gasteiger partial charge in [-0.3, -0.25) is 4.79 Å². The third kappa shape index (κ3) is 3.36. The average Bonchev–Trinajstić information content (AvgIpc) is 2.44. The largest absolute Gasteiger partial charge is 0.493 e. The van der Waals surface area contributed by atoms with Gasteiger partial charge in [-0.2, -0.15) is 0 Å². The van der Waals surface area contributed by atoms with Gasteiger partial charge in [0.05, 0.1) is 17.4 Å². The fourth-order valence-corrected chi connectivity index (χ4v) is 3.07. The molecule has 1 aliphatic heterocycles. The zero-order chi connectivity index (χ0) is 15.6. The molecule has 2 N–H and O–H groups in total. The molecule has 0 aromatic heterocycles. The zero-order valence-electron chi connectivity index (χ0n) is 12.2. The van der Waals surface area contributed by atoms with Gasteiger partial charge in [-0.25, -0.2) is 13.6 Å². The van der Waals surface area contributed by atoms with Crippen LogP contribution in [0, 0.1) is 0 Å². The van der Waals surface area contributed by atoms with E-state index in [1.807, 2.05) is 6.92 Å². The van der Waals surface area contributed by atoms with Crippen molar-refractivity contribution in [1.29, 1.82) is 0 Å². The van der Waals surface area contributed by atoms with Gasteiger partial charge in [-0.15, -0.1) is 0 Å². The number of nitrogens with zero attached hydrogens (tertiary/aromatic N) is 1. The number of hydrogen-bond acceptors (Lipinski definition) is 4. The lowest BCUT2D eigenvalue weighted by atomic mass is 9.92. The Hall–Kier alpha value is -1.60. The third-order valence-corrected chi connectivity index (χ3v) is 4.49. The quantitative estimate of drug-likeness (QED) is 0.900. The molecule has 1 unspecified atom stereocenters. The summed E-state index contributed by atoms with van der Waals surface area (Å²) in [5, 5.41) is 5.16. The van der Waals surface area contributed by atoms with Crippen molar-refractivity contribution in [3.8, 4) is 5.75 Å². The summed E-state index contributed by atoms with van der Waals surface area (Å²) < 4.78 is 28.5. The van der Waals surface area contributed by atoms with E-state index in [4.69, 9.17) is 9.88 Å². The number of carbonyl (C=O) groups excluding carboxylic acids is 1. The van der Waals surface area contributed by atoms with Crippen LogP contribution in [0.4, 0.5) is 0 Å². The van der Waals surface area contributed by atoms with Crippen LogP contribution in [0.1, 0.15) is 31.2 Å². The average molecular weight is 312 g/mol. The molecule has 0 radical (unpaired) electrons. The van der Waals surface area contributed by atoms with Crippen molar-refractivity contribution in [3.63, 3.8) is 0 Å². The number of rotatable bonds is 4. The minimum absolute atomic E-state index is 0.00249. The van der Waals surface area contributed by atoms with E-state index >= 15 is 0 Å². The molecule has 6 nitrogen and oxygen atoms in total. The molecule has 0 saturated heterocycles. The summed E-state index contributed by atoms with van der Waals surface area (Å²) in [6, 6.07) is 4.41. The van der Waals surface area contributed by atoms with Crippen molar-refractivity contribution < 1.29 is 17.9 Å². The molecule has 0 saturated carbocycles. The highest BCUT2D eigenvalue weighted by Crippen LogP contribution is 2.36. The van der Waals surface area contributed by atoms with E-state index in [9.17, 15) is 13.2 Å². The number of sulfonamides is 1. The first-order valence-corrected chi connectivity index (χ1v) is 8.43. The maximum atomic E-state index is 12.5. The molecule has 1 aromatic rings. The van der Waals surface area contributed by atoms with E-state index in [1.165, 1.54) is 12.1 Å². The Kier molecular flexibility index (Phi) is 4.53. The molecule has 116 valence electrons. The normalized spacial score (nSPS) is 17.8. The van der Waals surface area contributed by atoms with Crippen LogP contribution in [-0.4, -0.2) is 39.4 Å². The Labute approximate surface area is 124 Å². The molecule has 1 aliphatic rings. The van der Waals surface area contributed by atoms with Crippen molar-refractivity contribution in [2.75, 3.05) is 20.2 Å². The van der Waals surface area contributed by atoms with Crippen LogP contribution < -0.4 is 9.88 Å². The van der Waals surface area contributed by atoms with Gasteiger partial charge in [-0.05, 0) is 31.0 Å². The fraction of sp³-hybridized carbons (Fsp3) is 0.500. The summed E-state index contributed by atoms with van der Waals surface area (Å²) in [6.45, 7) is 3.11. The second-order valence-electron chi connectivity index (χ2n) is 5.19. The van der Waals surface area contributed by atoms with E-state index in [0.29, 0.717) is 30.9 Å². The molecule has 1 aromatic carbocycles. The summed E-state index contributed by atoms with van der Waals surface area (Å²) in [4.78, 5) is 14.2. The van der Waals surface area contributed by atoms with Crippen LogP contribution in [0.5, 0.6) is 5.75 Å². The van der Waals surface area contributed by atoms with Gasteiger partial charge in [0.25, 0.3) is 0 Å². The monoisotopic (exact) mass is 312 g/mol. The third-order valence-electron chi connectivity index (χ3n) is 3.58. The lowest BCUT2D eigenvalue weighted by Gasteiger charge is -2.29. The molecule has 21 heavy (non-hydrogen) atoms. The number of nitrogens with two attached hydrogens (primary N) is 1. The van der Waals surface area contributed by atoms with Crippen molar-refractivity contribution in [1.82, 2.24) is 4.90 Å². The SMILES string of the molecule is CCCN(C)C(=O)C1CCOc2ccc(S(N)(=O)=O)cc21. The Bertz CT molecular complexity index is 642. The second kappa shape index (κ2) is 6.03. The number of primary sulfonamides is 1. The van der Waals surface area contributed by atoms with E-state index in [2.05, 4.69) is 0 Å². The topological polar surface area (TPSA) is 89.7 Å². The lowest BCUT2D eigenvalue weighted by Crippen LogP contribution is -2.34. The van der Waals surface area contributed by atoms with Gasteiger partial charge >= 0.3 is 0 Å². The highest BCUT2D eigenvalue weighted by atomic mass is 32.2. The smallest absolute Gasteiger partial charge is 0.238 e. The van der Waals surface area contributed by atoms with E-state index in [1.54, 1.807) is 18.0 Å². The van der Waals surface area contributed by atoms with Crippen molar-refractivity contribution in [2.45, 2.75) is 30.6 Å². The Balaban J connectivity index is 2.39. The highest BCUT2D eigenvalue weighted by Gasteiger charge is 2.30. The minimum Gasteiger partial charge on any atom is -0.493 e. The van der Waals surface area contributed by atoms with Crippen LogP contribution in [-0.2, 0) is 14.8 Å². The number of hydrogen-bond donors (Lipinski definition) is 1. The standard InChI is InChI=1S/C14H20N2O4S/c1-3-7-16(2)14(17)11-6-8-20-13-5-4-10(9-12(11)13)21(15,18)19/h4-5,9,11H,3,6-8H2,1-2H3,(H2,15,18,19). The van der Waals surface area contributed by atoms with Gasteiger partial charge in [-0.1, -0.05) is 6.92 Å². The number of carbonyl (C=O) groups is 1. The van der Waals surface area contributed by atoms with Crippen molar-refractivity contribution in [2.24, 2.45) is 5.14 Å². The van der Waals surface area contributed by atoms with Crippen LogP contribution in [0.15, 0.2) is 23.1 Å². The summed E-state index contributed by atoms with van der Waals surface area (Å²) in [5.74, 6) is 0.150. The van der Waals surface area contributed by atoms with E-state index < -0.39 is 10.0 Å². The Morgan fingerprint density at radius 1 is 1.48 bits per heavy atom. The first kappa shape index (κ1) is 15.8. The number of fused-ring (bicyclic) bond motifs is 1. The number of likely N-dealkylation sites (N-methyl/N-ethyl adjacent to an activating group) is 1. The second-order valence-corrected chi connectivity index (χ2v) is 6.76. The van der Waals surface area contributed by atoms with Gasteiger partial charge < -0.3 is 9.64 Å². The first-order valence-electron chi connectivity index (χ1n) is 6.89. The predicted octanol–water partition coefficient (Wildman–Crippen LogP) is 1.07. The summed E-state index contributed by atoms with van der Waals surface area (Å²) in [5.41, 5.74) is 0.598. The van der Waals surface area contributed by atoms with Crippen LogP contribution in [0.2, 0.25) is 0 Å². The lowest BCUT2D eigenvalue weighted by molar-refractivity contribution is -0.132. The maximum absolute atomic E-state index is 12.5. The molecule has 0 spiro atoms. The van der Waals surface area contributed by atoms with Gasteiger partial charge in [0.1, 0.15) is 5.75 Å². The van der Waals surface area contributed by atoms with Crippen LogP contribution in [0.25, 0.3) is 0 Å². The Morgan fingerprint density at radius 3 is 2.81 bits per heavy atom. The van der Waals surface area contributed by atoms with Gasteiger partial charge in [0.2, 0.25) is 15.9 Å². The summed E-state index contributed by atoms with van der Waals surface area (Å²) >= 11 is 0. The molecule has 0 bridgehead atoms. The fourth-order valence-electron chi connectivity index (χ4n) is 2.52. The molecule has 0 fully saturated rings. The predicted molar refractivity (Wildman–Crippen MR) is 78.6 cm³/mol. The van der Waals surface area contributed by atoms with Crippen molar-refractivity contribution in [3.05, 3.63) is 23.8 Å². The zero-order valence-corrected chi connectivity index (χ0v) is 13.0. The molecule has 7 heteroatoms. The highest BCUT2D eigenvalue weighted by molar-refractivity contribution is 7.89. The van der Waals surface area contributed by atoms with E-state index in [0.717, 1.165) is 6.42 Å². The summed E-state index contributed by atoms with van der Waals surface area (Å²) in [6.07, 6.45) is 1.41. The molecular weight excluding hydrogens is 292 g/mol. The maximum Gasteiger partial charge on any atom is 0.238 e. The van der Waals surface area contributed by atoms with Crippen LogP contribution in [0.3, 0.4) is 0 Å². The molecule has 2 rings (SSSR count). The Morgan fingerprint density at radius 2 is 2.19 bits per heavy atom. The number of amides is 1. The molecular formula is C14H20N2O4S. The van der Waals surface area contributed by atoms with Crippen LogP contribution >= 0.6 is 0 Å². The van der Waals surface area contributed by atoms with Crippen molar-refractivity contribution >= 4 is 15.9 Å². The molecule has 1 heterocycles. The molecule has 1 atom stereocenters. The minimum atomic E-state index is -3.80. The van der Waals surface area contributed by atoms with Gasteiger partial charge in [0.15, 0.2) is 0 Å². The molecule has 1 amide bonds.